The molecule has 1 amide bonds. The van der Waals surface area contributed by atoms with Gasteiger partial charge in [-0.15, -0.1) is 0 Å². The average Bonchev–Trinajstić information content (AvgIpc) is 2.26. The molecule has 0 aliphatic carbocycles. The lowest BCUT2D eigenvalue weighted by Gasteiger charge is -2.15. The number of carbonyl (C=O) groups is 1. The summed E-state index contributed by atoms with van der Waals surface area (Å²) in [6.07, 6.45) is 2.02. The summed E-state index contributed by atoms with van der Waals surface area (Å²) in [7, 11) is 1.45. The molecule has 6 N–H and O–H groups in total. The van der Waals surface area contributed by atoms with Crippen LogP contribution in [0.3, 0.4) is 0 Å². The quantitative estimate of drug-likeness (QED) is 0.178. The summed E-state index contributed by atoms with van der Waals surface area (Å²) >= 11 is 0. The van der Waals surface area contributed by atoms with Crippen molar-refractivity contribution in [3.63, 3.8) is 0 Å². The van der Waals surface area contributed by atoms with Crippen molar-refractivity contribution in [3.05, 3.63) is 0 Å². The van der Waals surface area contributed by atoms with E-state index in [4.69, 9.17) is 17.5 Å². The van der Waals surface area contributed by atoms with Crippen LogP contribution in [0, 0.1) is 0 Å². The van der Waals surface area contributed by atoms with E-state index in [1.807, 2.05) is 0 Å². The number of hydrazine groups is 1. The third-order valence-electron chi connectivity index (χ3n) is 1.91. The predicted molar refractivity (Wildman–Crippen MR) is 57.6 cm³/mol. The zero-order valence-corrected chi connectivity index (χ0v) is 9.28. The monoisotopic (exact) mass is 230 g/mol. The lowest BCUT2D eigenvalue weighted by Crippen LogP contribution is -2.40. The van der Waals surface area contributed by atoms with Crippen molar-refractivity contribution in [2.75, 3.05) is 13.6 Å². The maximum Gasteiger partial charge on any atom is 0.262 e. The number of amides is 1. The molecule has 92 valence electrons. The van der Waals surface area contributed by atoms with Gasteiger partial charge in [-0.05, 0) is 19.3 Å². The predicted octanol–water partition coefficient (Wildman–Crippen LogP) is -0.491. The Labute approximate surface area is 93.7 Å². The van der Waals surface area contributed by atoms with E-state index in [-0.39, 0.29) is 5.91 Å². The Kier molecular flexibility index (Phi) is 7.59. The Morgan fingerprint density at radius 2 is 2.00 bits per heavy atom. The summed E-state index contributed by atoms with van der Waals surface area (Å²) in [5.41, 5.74) is 0. The minimum atomic E-state index is -0.630. The molecule has 0 saturated carbocycles. The van der Waals surface area contributed by atoms with Crippen molar-refractivity contribution >= 4 is 5.91 Å². The third kappa shape index (κ3) is 5.86. The average molecular weight is 230 g/mol. The first-order chi connectivity index (χ1) is 7.63. The van der Waals surface area contributed by atoms with Crippen LogP contribution < -0.4 is 17.5 Å². The molecule has 0 unspecified atom stereocenters. The van der Waals surface area contributed by atoms with Crippen LogP contribution in [0.15, 0.2) is 20.7 Å². The van der Waals surface area contributed by atoms with Crippen molar-refractivity contribution in [3.8, 4) is 0 Å². The van der Waals surface area contributed by atoms with Crippen LogP contribution in [-0.4, -0.2) is 30.6 Å². The third-order valence-corrected chi connectivity index (χ3v) is 1.91. The van der Waals surface area contributed by atoms with Crippen LogP contribution in [0.1, 0.15) is 19.3 Å². The number of hydrogen-bond acceptors (Lipinski definition) is 6. The fraction of sp³-hybridized carbons (Fsp3) is 0.857. The van der Waals surface area contributed by atoms with Crippen molar-refractivity contribution in [1.29, 1.82) is 0 Å². The minimum Gasteiger partial charge on any atom is -0.305 e. The van der Waals surface area contributed by atoms with Crippen molar-refractivity contribution in [2.24, 2.45) is 38.2 Å². The molecule has 0 aromatic heterocycles. The molecule has 0 radical (unpaired) electrons. The SMILES string of the molecule is CN(N)C(=O)[C@H](CCCCN=NN)N=NN. The first kappa shape index (κ1) is 14.2. The van der Waals surface area contributed by atoms with Gasteiger partial charge in [0.25, 0.3) is 5.91 Å². The van der Waals surface area contributed by atoms with E-state index in [0.29, 0.717) is 13.0 Å². The van der Waals surface area contributed by atoms with E-state index >= 15 is 0 Å². The summed E-state index contributed by atoms with van der Waals surface area (Å²) in [6, 6.07) is -0.630. The van der Waals surface area contributed by atoms with E-state index in [1.165, 1.54) is 7.05 Å². The smallest absolute Gasteiger partial charge is 0.262 e. The Hall–Kier alpha value is -1.77. The summed E-state index contributed by atoms with van der Waals surface area (Å²) in [6.45, 7) is 0.523. The molecule has 0 aliphatic rings. The summed E-state index contributed by atoms with van der Waals surface area (Å²) in [5, 5.41) is 14.4. The maximum atomic E-state index is 11.5. The molecule has 16 heavy (non-hydrogen) atoms. The fourth-order valence-electron chi connectivity index (χ4n) is 1.12. The molecule has 0 fully saturated rings. The zero-order chi connectivity index (χ0) is 12.4. The molecule has 0 rings (SSSR count). The number of nitrogens with two attached hydrogens (primary N) is 3. The maximum absolute atomic E-state index is 11.5. The highest BCUT2D eigenvalue weighted by Crippen LogP contribution is 2.07. The highest BCUT2D eigenvalue weighted by atomic mass is 16.2. The topological polar surface area (TPSA) is 148 Å². The molecule has 0 aromatic rings. The standard InChI is InChI=1S/C7H18N8O/c1-15(10)7(16)6(12-14-9)4-2-3-5-11-13-8/h6H,2-5,10H2,1H3,(H2,8,11)(H2,9,12)/t6-/m0/s1. The summed E-state index contributed by atoms with van der Waals surface area (Å²) < 4.78 is 0. The van der Waals surface area contributed by atoms with E-state index in [0.717, 1.165) is 17.9 Å². The molecular weight excluding hydrogens is 212 g/mol. The van der Waals surface area contributed by atoms with Crippen molar-refractivity contribution < 1.29 is 4.79 Å². The Morgan fingerprint density at radius 3 is 2.50 bits per heavy atom. The Morgan fingerprint density at radius 1 is 1.31 bits per heavy atom. The molecule has 1 atom stereocenters. The van der Waals surface area contributed by atoms with E-state index in [9.17, 15) is 4.79 Å². The van der Waals surface area contributed by atoms with Gasteiger partial charge in [0.15, 0.2) is 6.04 Å². The first-order valence-electron chi connectivity index (χ1n) is 4.82. The van der Waals surface area contributed by atoms with E-state index in [2.05, 4.69) is 20.7 Å². The second kappa shape index (κ2) is 8.53. The van der Waals surface area contributed by atoms with Crippen LogP contribution in [-0.2, 0) is 4.79 Å². The molecule has 0 saturated heterocycles. The Bertz CT molecular complexity index is 251. The van der Waals surface area contributed by atoms with Crippen molar-refractivity contribution in [1.82, 2.24) is 5.01 Å². The largest absolute Gasteiger partial charge is 0.305 e. The molecule has 9 heteroatoms. The number of likely N-dealkylation sites (N-methyl/N-ethyl adjacent to an activating group) is 1. The molecule has 9 nitrogen and oxygen atoms in total. The van der Waals surface area contributed by atoms with Crippen molar-refractivity contribution in [2.45, 2.75) is 25.3 Å². The number of unbranched alkanes of at least 4 members (excludes halogenated alkanes) is 1. The van der Waals surface area contributed by atoms with Gasteiger partial charge in [-0.25, -0.2) is 5.84 Å². The van der Waals surface area contributed by atoms with Gasteiger partial charge < -0.3 is 11.7 Å². The van der Waals surface area contributed by atoms with E-state index < -0.39 is 6.04 Å². The normalized spacial score (nSPS) is 13.4. The number of carbonyl (C=O) groups excluding carboxylic acids is 1. The highest BCUT2D eigenvalue weighted by molar-refractivity contribution is 5.81. The van der Waals surface area contributed by atoms with Crippen LogP contribution >= 0.6 is 0 Å². The molecule has 0 aliphatic heterocycles. The molecule has 0 aromatic carbocycles. The minimum absolute atomic E-state index is 0.324. The zero-order valence-electron chi connectivity index (χ0n) is 9.28. The van der Waals surface area contributed by atoms with Crippen LogP contribution in [0.2, 0.25) is 0 Å². The number of rotatable bonds is 7. The van der Waals surface area contributed by atoms with E-state index in [1.54, 1.807) is 0 Å². The Balaban J connectivity index is 3.99. The second-order valence-electron chi connectivity index (χ2n) is 3.17. The second-order valence-corrected chi connectivity index (χ2v) is 3.17. The summed E-state index contributed by atoms with van der Waals surface area (Å²) in [4.78, 5) is 11.5. The lowest BCUT2D eigenvalue weighted by atomic mass is 10.1. The number of hydrogen-bond donors (Lipinski definition) is 3. The molecule has 0 spiro atoms. The van der Waals surface area contributed by atoms with Gasteiger partial charge in [0.2, 0.25) is 0 Å². The van der Waals surface area contributed by atoms with Crippen LogP contribution in [0.5, 0.6) is 0 Å². The first-order valence-corrected chi connectivity index (χ1v) is 4.82. The fourth-order valence-corrected chi connectivity index (χ4v) is 1.12. The van der Waals surface area contributed by atoms with Gasteiger partial charge in [0.1, 0.15) is 0 Å². The molecular formula is C7H18N8O. The van der Waals surface area contributed by atoms with Crippen LogP contribution in [0.4, 0.5) is 0 Å². The highest BCUT2D eigenvalue weighted by Gasteiger charge is 2.19. The van der Waals surface area contributed by atoms with Gasteiger partial charge in [0, 0.05) is 7.05 Å². The van der Waals surface area contributed by atoms with Gasteiger partial charge in [-0.2, -0.15) is 10.2 Å². The lowest BCUT2D eigenvalue weighted by molar-refractivity contribution is -0.131. The number of nitrogens with zero attached hydrogens (tertiary/aromatic N) is 5. The van der Waals surface area contributed by atoms with Gasteiger partial charge >= 0.3 is 0 Å². The van der Waals surface area contributed by atoms with Gasteiger partial charge in [-0.1, -0.05) is 10.4 Å². The van der Waals surface area contributed by atoms with Crippen LogP contribution in [0.25, 0.3) is 0 Å². The van der Waals surface area contributed by atoms with Gasteiger partial charge in [-0.3, -0.25) is 9.80 Å². The molecule has 0 heterocycles. The molecule has 0 bridgehead atoms. The van der Waals surface area contributed by atoms with Gasteiger partial charge in [0.05, 0.1) is 6.54 Å². The summed E-state index contributed by atoms with van der Waals surface area (Å²) in [5.74, 6) is 14.7.